The fraction of sp³-hybridized carbons (Fsp3) is 0.650. The van der Waals surface area contributed by atoms with Crippen molar-refractivity contribution in [1.82, 2.24) is 0 Å². The van der Waals surface area contributed by atoms with Crippen molar-refractivity contribution in [2.24, 2.45) is 5.92 Å². The minimum Gasteiger partial charge on any atom is -0.490 e. The molecular formula is C20H28O6. The van der Waals surface area contributed by atoms with Crippen LogP contribution in [-0.2, 0) is 25.4 Å². The molecule has 6 nitrogen and oxygen atoms in total. The molecule has 1 saturated carbocycles. The van der Waals surface area contributed by atoms with Gasteiger partial charge in [0.1, 0.15) is 19.0 Å². The Morgan fingerprint density at radius 2 is 1.88 bits per heavy atom. The number of rotatable bonds is 7. The minimum absolute atomic E-state index is 0.167. The Balaban J connectivity index is 1.46. The Kier molecular flexibility index (Phi) is 6.74. The van der Waals surface area contributed by atoms with Gasteiger partial charge in [0.15, 0.2) is 5.79 Å². The summed E-state index contributed by atoms with van der Waals surface area (Å²) in [5.41, 5.74) is 1.26. The number of hydrogen-bond donors (Lipinski definition) is 0. The fourth-order valence-corrected chi connectivity index (χ4v) is 3.74. The van der Waals surface area contributed by atoms with Gasteiger partial charge >= 0.3 is 6.16 Å². The van der Waals surface area contributed by atoms with Crippen LogP contribution < -0.4 is 4.74 Å². The topological polar surface area (TPSA) is 63.2 Å². The lowest BCUT2D eigenvalue weighted by atomic mass is 9.79. The van der Waals surface area contributed by atoms with Crippen LogP contribution in [0.25, 0.3) is 0 Å². The molecule has 1 unspecified atom stereocenters. The minimum atomic E-state index is -0.663. The second kappa shape index (κ2) is 9.24. The fourth-order valence-electron chi connectivity index (χ4n) is 3.74. The van der Waals surface area contributed by atoms with E-state index in [-0.39, 0.29) is 12.4 Å². The highest BCUT2D eigenvalue weighted by Gasteiger charge is 2.45. The van der Waals surface area contributed by atoms with Crippen LogP contribution in [0, 0.1) is 5.92 Å². The summed E-state index contributed by atoms with van der Waals surface area (Å²) in [6.45, 7) is 3.92. The molecule has 3 rings (SSSR count). The van der Waals surface area contributed by atoms with Crippen molar-refractivity contribution in [3.8, 4) is 5.75 Å². The molecule has 26 heavy (non-hydrogen) atoms. The smallest absolute Gasteiger partial charge is 0.490 e. The lowest BCUT2D eigenvalue weighted by molar-refractivity contribution is -0.212. The predicted octanol–water partition coefficient (Wildman–Crippen LogP) is 3.71. The Morgan fingerprint density at radius 1 is 1.12 bits per heavy atom. The lowest BCUT2D eigenvalue weighted by Crippen LogP contribution is -2.42. The molecule has 144 valence electrons. The average Bonchev–Trinajstić information content (AvgIpc) is 3.11. The first-order valence-corrected chi connectivity index (χ1v) is 9.51. The Bertz CT molecular complexity index is 564. The third kappa shape index (κ3) is 4.89. The van der Waals surface area contributed by atoms with E-state index in [1.165, 1.54) is 18.4 Å². The molecule has 0 bridgehead atoms. The summed E-state index contributed by atoms with van der Waals surface area (Å²) in [6.07, 6.45) is 4.84. The molecule has 2 aliphatic rings. The van der Waals surface area contributed by atoms with Gasteiger partial charge < -0.3 is 23.7 Å². The maximum absolute atomic E-state index is 11.1. The van der Waals surface area contributed by atoms with Gasteiger partial charge in [-0.15, -0.1) is 0 Å². The van der Waals surface area contributed by atoms with Crippen molar-refractivity contribution < 1.29 is 28.5 Å². The van der Waals surface area contributed by atoms with Gasteiger partial charge in [0.2, 0.25) is 0 Å². The monoisotopic (exact) mass is 364 g/mol. The maximum atomic E-state index is 11.1. The third-order valence-electron chi connectivity index (χ3n) is 4.97. The first kappa shape index (κ1) is 19.0. The zero-order valence-electron chi connectivity index (χ0n) is 15.4. The number of carbonyl (C=O) groups is 1. The summed E-state index contributed by atoms with van der Waals surface area (Å²) < 4.78 is 27.1. The van der Waals surface area contributed by atoms with Gasteiger partial charge in [0.25, 0.3) is 0 Å². The van der Waals surface area contributed by atoms with Gasteiger partial charge in [-0.25, -0.2) is 4.79 Å². The zero-order chi connectivity index (χ0) is 18.2. The number of benzene rings is 1. The Hall–Kier alpha value is -1.79. The quantitative estimate of drug-likeness (QED) is 0.543. The molecule has 1 spiro atoms. The summed E-state index contributed by atoms with van der Waals surface area (Å²) in [7, 11) is 0. The maximum Gasteiger partial charge on any atom is 0.508 e. The van der Waals surface area contributed by atoms with Crippen LogP contribution in [0.15, 0.2) is 24.3 Å². The average molecular weight is 364 g/mol. The van der Waals surface area contributed by atoms with Crippen molar-refractivity contribution >= 4 is 6.16 Å². The van der Waals surface area contributed by atoms with Crippen LogP contribution in [0.4, 0.5) is 4.79 Å². The molecule has 6 heteroatoms. The van der Waals surface area contributed by atoms with Crippen molar-refractivity contribution in [1.29, 1.82) is 0 Å². The predicted molar refractivity (Wildman–Crippen MR) is 95.2 cm³/mol. The van der Waals surface area contributed by atoms with Crippen molar-refractivity contribution in [3.05, 3.63) is 29.8 Å². The standard InChI is InChI=1S/C20H28O6/c1-2-22-19(21)24-12-11-23-18-8-6-16(7-9-18)15-17-5-3-4-10-20(17)25-13-14-26-20/h6-9,17H,2-5,10-15H2,1H3. The van der Waals surface area contributed by atoms with E-state index in [4.69, 9.17) is 18.9 Å². The van der Waals surface area contributed by atoms with E-state index < -0.39 is 6.16 Å². The van der Waals surface area contributed by atoms with Crippen LogP contribution >= 0.6 is 0 Å². The van der Waals surface area contributed by atoms with E-state index >= 15 is 0 Å². The second-order valence-corrected chi connectivity index (χ2v) is 6.68. The first-order chi connectivity index (χ1) is 12.7. The summed E-state index contributed by atoms with van der Waals surface area (Å²) in [5, 5.41) is 0. The molecular weight excluding hydrogens is 336 g/mol. The van der Waals surface area contributed by atoms with Gasteiger partial charge in [-0.1, -0.05) is 18.6 Å². The number of ether oxygens (including phenoxy) is 5. The van der Waals surface area contributed by atoms with Crippen molar-refractivity contribution in [3.63, 3.8) is 0 Å². The van der Waals surface area contributed by atoms with E-state index in [1.54, 1.807) is 6.92 Å². The van der Waals surface area contributed by atoms with Gasteiger partial charge in [-0.3, -0.25) is 0 Å². The molecule has 1 heterocycles. The van der Waals surface area contributed by atoms with Crippen LogP contribution in [0.1, 0.15) is 38.2 Å². The SMILES string of the molecule is CCOC(=O)OCCOc1ccc(CC2CCCCC23OCCO3)cc1. The molecule has 0 N–H and O–H groups in total. The third-order valence-corrected chi connectivity index (χ3v) is 4.97. The van der Waals surface area contributed by atoms with Crippen molar-refractivity contribution in [2.45, 2.75) is 44.8 Å². The Labute approximate surface area is 154 Å². The lowest BCUT2D eigenvalue weighted by Gasteiger charge is -2.39. The molecule has 0 aromatic heterocycles. The van der Waals surface area contributed by atoms with E-state index in [0.717, 1.165) is 25.0 Å². The number of carbonyl (C=O) groups excluding carboxylic acids is 1. The van der Waals surface area contributed by atoms with Crippen LogP contribution in [-0.4, -0.2) is 45.0 Å². The van der Waals surface area contributed by atoms with Gasteiger partial charge in [-0.2, -0.15) is 0 Å². The zero-order valence-corrected chi connectivity index (χ0v) is 15.4. The van der Waals surface area contributed by atoms with E-state index in [1.807, 2.05) is 12.1 Å². The van der Waals surface area contributed by atoms with Gasteiger partial charge in [-0.05, 0) is 43.9 Å². The van der Waals surface area contributed by atoms with Crippen molar-refractivity contribution in [2.75, 3.05) is 33.0 Å². The second-order valence-electron chi connectivity index (χ2n) is 6.68. The molecule has 0 amide bonds. The molecule has 1 atom stereocenters. The summed E-state index contributed by atoms with van der Waals surface area (Å²) >= 11 is 0. The normalized spacial score (nSPS) is 21.5. The molecule has 0 radical (unpaired) electrons. The highest BCUT2D eigenvalue weighted by atomic mass is 16.7. The van der Waals surface area contributed by atoms with E-state index in [2.05, 4.69) is 16.9 Å². The van der Waals surface area contributed by atoms with Crippen LogP contribution in [0.3, 0.4) is 0 Å². The largest absolute Gasteiger partial charge is 0.508 e. The van der Waals surface area contributed by atoms with Crippen LogP contribution in [0.5, 0.6) is 5.75 Å². The van der Waals surface area contributed by atoms with E-state index in [0.29, 0.717) is 32.3 Å². The molecule has 1 aliphatic heterocycles. The Morgan fingerprint density at radius 3 is 2.62 bits per heavy atom. The molecule has 2 fully saturated rings. The summed E-state index contributed by atoms with van der Waals surface area (Å²) in [5.74, 6) is 0.800. The molecule has 1 aliphatic carbocycles. The molecule has 1 aromatic carbocycles. The first-order valence-electron chi connectivity index (χ1n) is 9.51. The molecule has 1 aromatic rings. The number of hydrogen-bond acceptors (Lipinski definition) is 6. The highest BCUT2D eigenvalue weighted by Crippen LogP contribution is 2.42. The summed E-state index contributed by atoms with van der Waals surface area (Å²) in [6, 6.07) is 8.06. The highest BCUT2D eigenvalue weighted by molar-refractivity contribution is 5.59. The van der Waals surface area contributed by atoms with Crippen LogP contribution in [0.2, 0.25) is 0 Å². The van der Waals surface area contributed by atoms with Gasteiger partial charge in [0.05, 0.1) is 19.8 Å². The summed E-state index contributed by atoms with van der Waals surface area (Å²) in [4.78, 5) is 11.1. The molecule has 1 saturated heterocycles. The van der Waals surface area contributed by atoms with E-state index in [9.17, 15) is 4.79 Å². The van der Waals surface area contributed by atoms with Gasteiger partial charge in [0, 0.05) is 12.3 Å².